The first-order valence-electron chi connectivity index (χ1n) is 9.35. The molecule has 1 saturated carbocycles. The summed E-state index contributed by atoms with van der Waals surface area (Å²) in [6, 6.07) is 11.9. The van der Waals surface area contributed by atoms with E-state index in [2.05, 4.69) is 4.98 Å². The second-order valence-electron chi connectivity index (χ2n) is 7.35. The van der Waals surface area contributed by atoms with Crippen LogP contribution in [0.4, 0.5) is 9.18 Å². The lowest BCUT2D eigenvalue weighted by Gasteiger charge is -2.29. The number of nitriles is 1. The number of hydrogen-bond donors (Lipinski definition) is 1. The van der Waals surface area contributed by atoms with Crippen molar-refractivity contribution < 1.29 is 19.0 Å². The van der Waals surface area contributed by atoms with Crippen molar-refractivity contribution in [1.29, 1.82) is 5.26 Å². The second-order valence-corrected chi connectivity index (χ2v) is 7.35. The minimum Gasteiger partial charge on any atom is -0.466 e. The zero-order valence-electron chi connectivity index (χ0n) is 15.3. The zero-order valence-corrected chi connectivity index (χ0v) is 15.3. The Bertz CT molecular complexity index is 944. The normalized spacial score (nSPS) is 18.4. The number of likely N-dealkylation sites (tertiary alicyclic amines) is 1. The second kappa shape index (κ2) is 7.12. The van der Waals surface area contributed by atoms with Gasteiger partial charge in [-0.2, -0.15) is 5.26 Å². The molecular formula is C21H20FN3O3. The van der Waals surface area contributed by atoms with Gasteiger partial charge in [0.1, 0.15) is 11.4 Å². The number of carboxylic acid groups (broad SMARTS) is 1. The van der Waals surface area contributed by atoms with Crippen molar-refractivity contribution in [3.63, 3.8) is 0 Å². The van der Waals surface area contributed by atoms with Gasteiger partial charge in [0.15, 0.2) is 0 Å². The number of ether oxygens (including phenoxy) is 1. The Kier molecular flexibility index (Phi) is 4.63. The van der Waals surface area contributed by atoms with E-state index in [1.807, 2.05) is 18.2 Å². The smallest absolute Gasteiger partial charge is 0.407 e. The van der Waals surface area contributed by atoms with E-state index in [0.717, 1.165) is 18.5 Å². The van der Waals surface area contributed by atoms with Crippen molar-refractivity contribution in [2.24, 2.45) is 0 Å². The molecule has 7 heteroatoms. The van der Waals surface area contributed by atoms with Crippen LogP contribution in [-0.4, -0.2) is 34.2 Å². The fraction of sp³-hybridized carbons (Fsp3) is 0.381. The van der Waals surface area contributed by atoms with Gasteiger partial charge < -0.3 is 14.7 Å². The molecule has 1 aliphatic carbocycles. The van der Waals surface area contributed by atoms with E-state index in [9.17, 15) is 9.18 Å². The lowest BCUT2D eigenvalue weighted by molar-refractivity contribution is 0.131. The van der Waals surface area contributed by atoms with Gasteiger partial charge in [-0.15, -0.1) is 0 Å². The van der Waals surface area contributed by atoms with Crippen molar-refractivity contribution in [2.45, 2.75) is 37.2 Å². The molecule has 2 aliphatic rings. The number of nitrogens with zero attached hydrogens (tertiary/aromatic N) is 3. The number of piperidine rings is 1. The Morgan fingerprint density at radius 2 is 2.04 bits per heavy atom. The number of pyridine rings is 1. The molecule has 1 amide bonds. The van der Waals surface area contributed by atoms with Crippen molar-refractivity contribution in [1.82, 2.24) is 9.88 Å². The molecule has 4 rings (SSSR count). The first kappa shape index (κ1) is 18.2. The van der Waals surface area contributed by atoms with Gasteiger partial charge in [-0.1, -0.05) is 12.1 Å². The molecule has 2 fully saturated rings. The lowest BCUT2D eigenvalue weighted by Crippen LogP contribution is -2.37. The summed E-state index contributed by atoms with van der Waals surface area (Å²) >= 11 is 0. The summed E-state index contributed by atoms with van der Waals surface area (Å²) in [6.45, 7) is 0.986. The lowest BCUT2D eigenvalue weighted by atomic mass is 9.93. The van der Waals surface area contributed by atoms with Crippen LogP contribution in [0.1, 0.15) is 48.4 Å². The van der Waals surface area contributed by atoms with Crippen LogP contribution >= 0.6 is 0 Å². The van der Waals surface area contributed by atoms with Gasteiger partial charge in [-0.05, 0) is 43.9 Å². The third kappa shape index (κ3) is 3.50. The first-order chi connectivity index (χ1) is 13.5. The Morgan fingerprint density at radius 3 is 2.64 bits per heavy atom. The Balaban J connectivity index is 1.50. The average Bonchev–Trinajstić information content (AvgIpc) is 3.48. The Morgan fingerprint density at radius 1 is 1.29 bits per heavy atom. The van der Waals surface area contributed by atoms with Crippen molar-refractivity contribution in [3.05, 3.63) is 59.0 Å². The molecule has 0 unspecified atom stereocenters. The van der Waals surface area contributed by atoms with Gasteiger partial charge in [0.25, 0.3) is 0 Å². The molecule has 144 valence electrons. The molecule has 0 atom stereocenters. The molecule has 0 spiro atoms. The number of hydrogen-bond acceptors (Lipinski definition) is 4. The van der Waals surface area contributed by atoms with E-state index in [4.69, 9.17) is 15.1 Å². The van der Waals surface area contributed by atoms with E-state index in [0.29, 0.717) is 37.4 Å². The highest BCUT2D eigenvalue weighted by atomic mass is 19.1. The molecule has 1 aromatic carbocycles. The number of carbonyl (C=O) groups is 1. The number of rotatable bonds is 4. The van der Waals surface area contributed by atoms with Crippen LogP contribution in [0.2, 0.25) is 0 Å². The quantitative estimate of drug-likeness (QED) is 0.864. The summed E-state index contributed by atoms with van der Waals surface area (Å²) in [7, 11) is 0. The summed E-state index contributed by atoms with van der Waals surface area (Å²) in [5.41, 5.74) is 0.882. The largest absolute Gasteiger partial charge is 0.466 e. The molecule has 0 radical (unpaired) electrons. The molecule has 1 saturated heterocycles. The highest BCUT2D eigenvalue weighted by molar-refractivity contribution is 5.65. The molecule has 1 N–H and O–H groups in total. The predicted octanol–water partition coefficient (Wildman–Crippen LogP) is 4.02. The summed E-state index contributed by atoms with van der Waals surface area (Å²) in [6.07, 6.45) is 1.94. The predicted molar refractivity (Wildman–Crippen MR) is 98.5 cm³/mol. The van der Waals surface area contributed by atoms with E-state index < -0.39 is 17.5 Å². The zero-order chi connectivity index (χ0) is 19.7. The van der Waals surface area contributed by atoms with Crippen molar-refractivity contribution in [3.8, 4) is 11.9 Å². The minimum absolute atomic E-state index is 0.181. The highest BCUT2D eigenvalue weighted by Gasteiger charge is 2.49. The number of aromatic nitrogens is 1. The van der Waals surface area contributed by atoms with E-state index >= 15 is 0 Å². The maximum absolute atomic E-state index is 14.4. The summed E-state index contributed by atoms with van der Waals surface area (Å²) in [4.78, 5) is 17.1. The summed E-state index contributed by atoms with van der Waals surface area (Å²) in [5, 5.41) is 18.0. The monoisotopic (exact) mass is 381 g/mol. The van der Waals surface area contributed by atoms with Crippen LogP contribution < -0.4 is 4.74 Å². The van der Waals surface area contributed by atoms with Gasteiger partial charge in [0.05, 0.1) is 11.6 Å². The van der Waals surface area contributed by atoms with E-state index in [1.165, 1.54) is 11.0 Å². The molecule has 1 aliphatic heterocycles. The molecular weight excluding hydrogens is 361 g/mol. The maximum Gasteiger partial charge on any atom is 0.407 e. The Labute approximate surface area is 162 Å². The molecule has 28 heavy (non-hydrogen) atoms. The minimum atomic E-state index is -0.886. The summed E-state index contributed by atoms with van der Waals surface area (Å²) < 4.78 is 20.5. The van der Waals surface area contributed by atoms with Gasteiger partial charge in [-0.25, -0.2) is 14.2 Å². The molecule has 1 aromatic heterocycles. The highest BCUT2D eigenvalue weighted by Crippen LogP contribution is 2.50. The fourth-order valence-corrected chi connectivity index (χ4v) is 3.78. The first-order valence-corrected chi connectivity index (χ1v) is 9.35. The van der Waals surface area contributed by atoms with Crippen LogP contribution in [0, 0.1) is 17.1 Å². The standard InChI is InChI=1S/C21H20FN3O3/c22-17-12-14(13-23)4-5-16(17)21(8-9-21)28-19-3-1-2-18(24-19)15-6-10-25(11-7-15)20(26)27/h1-5,12,15H,6-11H2,(H,26,27). The van der Waals surface area contributed by atoms with Crippen LogP contribution in [-0.2, 0) is 5.60 Å². The molecule has 2 heterocycles. The van der Waals surface area contributed by atoms with Gasteiger partial charge >= 0.3 is 6.09 Å². The number of halogens is 1. The molecule has 0 bridgehead atoms. The van der Waals surface area contributed by atoms with Crippen LogP contribution in [0.25, 0.3) is 0 Å². The van der Waals surface area contributed by atoms with Crippen LogP contribution in [0.15, 0.2) is 36.4 Å². The fourth-order valence-electron chi connectivity index (χ4n) is 3.78. The number of amides is 1. The topological polar surface area (TPSA) is 86.5 Å². The number of benzene rings is 1. The van der Waals surface area contributed by atoms with Gasteiger partial charge in [-0.3, -0.25) is 0 Å². The van der Waals surface area contributed by atoms with Crippen molar-refractivity contribution >= 4 is 6.09 Å². The third-order valence-electron chi connectivity index (χ3n) is 5.52. The van der Waals surface area contributed by atoms with Crippen molar-refractivity contribution in [2.75, 3.05) is 13.1 Å². The average molecular weight is 381 g/mol. The molecule has 2 aromatic rings. The van der Waals surface area contributed by atoms with Crippen LogP contribution in [0.3, 0.4) is 0 Å². The Hall–Kier alpha value is -3.14. The van der Waals surface area contributed by atoms with E-state index in [-0.39, 0.29) is 11.5 Å². The maximum atomic E-state index is 14.4. The van der Waals surface area contributed by atoms with E-state index in [1.54, 1.807) is 18.2 Å². The van der Waals surface area contributed by atoms with Crippen LogP contribution in [0.5, 0.6) is 5.88 Å². The SMILES string of the molecule is N#Cc1ccc(C2(Oc3cccc(C4CCN(C(=O)O)CC4)n3)CC2)c(F)c1. The van der Waals surface area contributed by atoms with Gasteiger partial charge in [0, 0.05) is 36.3 Å². The van der Waals surface area contributed by atoms with Gasteiger partial charge in [0.2, 0.25) is 5.88 Å². The molecule has 6 nitrogen and oxygen atoms in total. The third-order valence-corrected chi connectivity index (χ3v) is 5.52. The summed E-state index contributed by atoms with van der Waals surface area (Å²) in [5.74, 6) is 0.189.